The summed E-state index contributed by atoms with van der Waals surface area (Å²) in [5, 5.41) is 0. The molecule has 1 fully saturated rings. The van der Waals surface area contributed by atoms with Crippen molar-refractivity contribution in [2.45, 2.75) is 51.7 Å². The number of carbonyl (C=O) groups excluding carboxylic acids is 1. The van der Waals surface area contributed by atoms with Gasteiger partial charge in [-0.2, -0.15) is 0 Å². The Labute approximate surface area is 111 Å². The number of allylic oxidation sites excluding steroid dienone is 2. The molecular formula is C15H26O3. The molecular weight excluding hydrogens is 228 g/mol. The van der Waals surface area contributed by atoms with Crippen LogP contribution in [-0.4, -0.2) is 26.3 Å². The summed E-state index contributed by atoms with van der Waals surface area (Å²) < 4.78 is 10.3. The summed E-state index contributed by atoms with van der Waals surface area (Å²) in [6.45, 7) is 2.03. The molecule has 0 aromatic heterocycles. The molecule has 1 rings (SSSR count). The first-order valence-electron chi connectivity index (χ1n) is 6.94. The summed E-state index contributed by atoms with van der Waals surface area (Å²) in [7, 11) is 3.31. The smallest absolute Gasteiger partial charge is 0.156 e. The van der Waals surface area contributed by atoms with Crippen molar-refractivity contribution in [3.05, 3.63) is 12.2 Å². The number of hydrogen-bond acceptors (Lipinski definition) is 3. The summed E-state index contributed by atoms with van der Waals surface area (Å²) in [4.78, 5) is 12.0. The number of carbonyl (C=O) groups is 1. The minimum absolute atomic E-state index is 0.135. The molecule has 104 valence electrons. The van der Waals surface area contributed by atoms with E-state index in [1.807, 2.05) is 6.92 Å². The lowest BCUT2D eigenvalue weighted by Crippen LogP contribution is -2.27. The zero-order chi connectivity index (χ0) is 13.4. The molecule has 0 aliphatic heterocycles. The maximum absolute atomic E-state index is 12.0. The van der Waals surface area contributed by atoms with Gasteiger partial charge in [0, 0.05) is 26.6 Å². The molecule has 18 heavy (non-hydrogen) atoms. The Hall–Kier alpha value is -0.670. The first-order valence-corrected chi connectivity index (χ1v) is 6.94. The van der Waals surface area contributed by atoms with Crippen molar-refractivity contribution in [3.8, 4) is 0 Å². The van der Waals surface area contributed by atoms with E-state index in [2.05, 4.69) is 12.2 Å². The molecule has 0 bridgehead atoms. The topological polar surface area (TPSA) is 35.5 Å². The Morgan fingerprint density at radius 2 is 2.11 bits per heavy atom. The minimum Gasteiger partial charge on any atom is -0.356 e. The number of Topliss-reactive ketones (excluding diaryl/α,β-unsaturated/α-hetero) is 1. The number of ketones is 1. The Bertz CT molecular complexity index is 269. The molecule has 0 amide bonds. The Morgan fingerprint density at radius 3 is 2.72 bits per heavy atom. The highest BCUT2D eigenvalue weighted by Gasteiger charge is 2.29. The molecule has 1 aliphatic carbocycles. The predicted octanol–water partition coefficient (Wildman–Crippen LogP) is 3.34. The van der Waals surface area contributed by atoms with E-state index in [-0.39, 0.29) is 12.2 Å². The monoisotopic (exact) mass is 254 g/mol. The minimum atomic E-state index is -0.135. The number of hydrogen-bond donors (Lipinski definition) is 0. The van der Waals surface area contributed by atoms with E-state index in [1.54, 1.807) is 14.2 Å². The van der Waals surface area contributed by atoms with Gasteiger partial charge in [-0.15, -0.1) is 0 Å². The van der Waals surface area contributed by atoms with Crippen molar-refractivity contribution in [2.24, 2.45) is 11.8 Å². The van der Waals surface area contributed by atoms with Crippen LogP contribution in [0.5, 0.6) is 0 Å². The SMILES string of the molecule is C/C=C/[C@H]1CCCC(=O)[C@@H]1CCCC(OC)OC. The van der Waals surface area contributed by atoms with E-state index in [0.717, 1.165) is 38.5 Å². The largest absolute Gasteiger partial charge is 0.356 e. The van der Waals surface area contributed by atoms with Crippen molar-refractivity contribution in [1.29, 1.82) is 0 Å². The maximum atomic E-state index is 12.0. The normalized spacial score (nSPS) is 25.2. The molecule has 0 aromatic rings. The van der Waals surface area contributed by atoms with E-state index in [4.69, 9.17) is 9.47 Å². The summed E-state index contributed by atoms with van der Waals surface area (Å²) >= 11 is 0. The average molecular weight is 254 g/mol. The molecule has 2 atom stereocenters. The lowest BCUT2D eigenvalue weighted by atomic mass is 9.75. The van der Waals surface area contributed by atoms with Crippen molar-refractivity contribution >= 4 is 5.78 Å². The zero-order valence-electron chi connectivity index (χ0n) is 11.9. The van der Waals surface area contributed by atoms with Crippen LogP contribution in [0.15, 0.2) is 12.2 Å². The van der Waals surface area contributed by atoms with Crippen LogP contribution in [0.4, 0.5) is 0 Å². The highest BCUT2D eigenvalue weighted by molar-refractivity contribution is 5.82. The maximum Gasteiger partial charge on any atom is 0.156 e. The fraction of sp³-hybridized carbons (Fsp3) is 0.800. The van der Waals surface area contributed by atoms with Gasteiger partial charge in [0.05, 0.1) is 0 Å². The molecule has 0 heterocycles. The van der Waals surface area contributed by atoms with Gasteiger partial charge in [-0.05, 0) is 44.9 Å². The molecule has 3 heteroatoms. The van der Waals surface area contributed by atoms with Crippen LogP contribution in [0.3, 0.4) is 0 Å². The van der Waals surface area contributed by atoms with Crippen LogP contribution in [0.1, 0.15) is 45.4 Å². The molecule has 1 aliphatic rings. The van der Waals surface area contributed by atoms with Crippen molar-refractivity contribution in [2.75, 3.05) is 14.2 Å². The summed E-state index contributed by atoms with van der Waals surface area (Å²) in [6, 6.07) is 0. The summed E-state index contributed by atoms with van der Waals surface area (Å²) in [5.74, 6) is 1.10. The van der Waals surface area contributed by atoms with Gasteiger partial charge in [-0.1, -0.05) is 12.2 Å². The number of rotatable bonds is 7. The molecule has 0 saturated heterocycles. The van der Waals surface area contributed by atoms with Gasteiger partial charge in [0.25, 0.3) is 0 Å². The van der Waals surface area contributed by atoms with Crippen LogP contribution in [0.2, 0.25) is 0 Å². The van der Waals surface area contributed by atoms with Crippen molar-refractivity contribution < 1.29 is 14.3 Å². The quantitative estimate of drug-likeness (QED) is 0.516. The van der Waals surface area contributed by atoms with Crippen LogP contribution in [-0.2, 0) is 14.3 Å². The third-order valence-electron chi connectivity index (χ3n) is 3.81. The zero-order valence-corrected chi connectivity index (χ0v) is 11.9. The molecule has 3 nitrogen and oxygen atoms in total. The first-order chi connectivity index (χ1) is 8.72. The lowest BCUT2D eigenvalue weighted by Gasteiger charge is -2.28. The highest BCUT2D eigenvalue weighted by Crippen LogP contribution is 2.32. The first kappa shape index (κ1) is 15.4. The second-order valence-electron chi connectivity index (χ2n) is 4.99. The van der Waals surface area contributed by atoms with Gasteiger partial charge in [-0.25, -0.2) is 0 Å². The third kappa shape index (κ3) is 4.54. The Kier molecular flexibility index (Phi) is 7.21. The standard InChI is InChI=1S/C15H26O3/c1-4-7-12-8-5-10-14(16)13(12)9-6-11-15(17-2)18-3/h4,7,12-13,15H,5-6,8-11H2,1-3H3/b7-4+/t12-,13+/m0/s1. The van der Waals surface area contributed by atoms with E-state index in [0.29, 0.717) is 11.7 Å². The molecule has 0 spiro atoms. The van der Waals surface area contributed by atoms with Gasteiger partial charge in [0.15, 0.2) is 6.29 Å². The van der Waals surface area contributed by atoms with E-state index < -0.39 is 0 Å². The van der Waals surface area contributed by atoms with Gasteiger partial charge in [0.2, 0.25) is 0 Å². The Balaban J connectivity index is 2.43. The summed E-state index contributed by atoms with van der Waals surface area (Å²) in [5.41, 5.74) is 0. The average Bonchev–Trinajstić information content (AvgIpc) is 2.38. The third-order valence-corrected chi connectivity index (χ3v) is 3.81. The Morgan fingerprint density at radius 1 is 1.39 bits per heavy atom. The highest BCUT2D eigenvalue weighted by atomic mass is 16.7. The van der Waals surface area contributed by atoms with Crippen LogP contribution in [0, 0.1) is 11.8 Å². The molecule has 0 aromatic carbocycles. The molecule has 1 saturated carbocycles. The second-order valence-corrected chi connectivity index (χ2v) is 4.99. The van der Waals surface area contributed by atoms with Crippen LogP contribution >= 0.6 is 0 Å². The molecule has 0 N–H and O–H groups in total. The van der Waals surface area contributed by atoms with Gasteiger partial charge >= 0.3 is 0 Å². The van der Waals surface area contributed by atoms with Crippen molar-refractivity contribution in [3.63, 3.8) is 0 Å². The fourth-order valence-electron chi connectivity index (χ4n) is 2.83. The van der Waals surface area contributed by atoms with Gasteiger partial charge in [-0.3, -0.25) is 4.79 Å². The van der Waals surface area contributed by atoms with E-state index >= 15 is 0 Å². The van der Waals surface area contributed by atoms with Gasteiger partial charge in [0.1, 0.15) is 5.78 Å². The fourth-order valence-corrected chi connectivity index (χ4v) is 2.83. The van der Waals surface area contributed by atoms with Gasteiger partial charge < -0.3 is 9.47 Å². The van der Waals surface area contributed by atoms with E-state index in [1.165, 1.54) is 0 Å². The van der Waals surface area contributed by atoms with Crippen LogP contribution in [0.25, 0.3) is 0 Å². The summed E-state index contributed by atoms with van der Waals surface area (Å²) in [6.07, 6.45) is 9.89. The molecule has 0 radical (unpaired) electrons. The van der Waals surface area contributed by atoms with E-state index in [9.17, 15) is 4.79 Å². The second kappa shape index (κ2) is 8.44. The van der Waals surface area contributed by atoms with Crippen LogP contribution < -0.4 is 0 Å². The lowest BCUT2D eigenvalue weighted by molar-refractivity contribution is -0.127. The number of ether oxygens (including phenoxy) is 2. The predicted molar refractivity (Wildman–Crippen MR) is 72.3 cm³/mol. The number of methoxy groups -OCH3 is 2. The van der Waals surface area contributed by atoms with Crippen molar-refractivity contribution in [1.82, 2.24) is 0 Å². The molecule has 0 unspecified atom stereocenters.